The van der Waals surface area contributed by atoms with Crippen LogP contribution in [0.5, 0.6) is 5.75 Å². The molecule has 1 aliphatic rings. The maximum absolute atomic E-state index is 13.6. The van der Waals surface area contributed by atoms with E-state index < -0.39 is 5.60 Å². The first-order chi connectivity index (χ1) is 9.03. The highest BCUT2D eigenvalue weighted by Gasteiger charge is 2.33. The summed E-state index contributed by atoms with van der Waals surface area (Å²) in [6, 6.07) is 4.87. The third kappa shape index (κ3) is 3.45. The summed E-state index contributed by atoms with van der Waals surface area (Å²) in [7, 11) is 1.45. The molecule has 2 rings (SSSR count). The zero-order valence-corrected chi connectivity index (χ0v) is 11.6. The van der Waals surface area contributed by atoms with E-state index in [9.17, 15) is 9.50 Å². The Labute approximate surface area is 113 Å². The van der Waals surface area contributed by atoms with Gasteiger partial charge in [-0.2, -0.15) is 0 Å². The number of methoxy groups -OCH3 is 1. The molecule has 0 amide bonds. The molecule has 106 valence electrons. The average molecular weight is 267 g/mol. The first kappa shape index (κ1) is 14.3. The van der Waals surface area contributed by atoms with E-state index in [-0.39, 0.29) is 17.5 Å². The summed E-state index contributed by atoms with van der Waals surface area (Å²) in [5, 5.41) is 13.9. The van der Waals surface area contributed by atoms with Gasteiger partial charge in [0, 0.05) is 18.9 Å². The Kier molecular flexibility index (Phi) is 4.42. The lowest BCUT2D eigenvalue weighted by atomic mass is 9.79. The van der Waals surface area contributed by atoms with Gasteiger partial charge in [0.15, 0.2) is 11.6 Å². The Bertz CT molecular complexity index is 428. The number of rotatable bonds is 4. The van der Waals surface area contributed by atoms with Crippen LogP contribution in [-0.2, 0) is 6.42 Å². The molecule has 0 radical (unpaired) electrons. The van der Waals surface area contributed by atoms with Crippen LogP contribution in [0.2, 0.25) is 0 Å². The van der Waals surface area contributed by atoms with Crippen LogP contribution >= 0.6 is 0 Å². The number of ether oxygens (including phenoxy) is 1. The normalized spacial score (nSPS) is 22.8. The lowest BCUT2D eigenvalue weighted by molar-refractivity contribution is -0.0102. The summed E-state index contributed by atoms with van der Waals surface area (Å²) in [5.41, 5.74) is -0.0112. The van der Waals surface area contributed by atoms with Crippen LogP contribution in [0.25, 0.3) is 0 Å². The number of halogens is 1. The minimum atomic E-state index is -0.811. The first-order valence-electron chi connectivity index (χ1n) is 6.78. The van der Waals surface area contributed by atoms with Crippen LogP contribution in [0.1, 0.15) is 25.3 Å². The molecule has 0 aliphatic carbocycles. The summed E-state index contributed by atoms with van der Waals surface area (Å²) in [5.74, 6) is 0.0757. The van der Waals surface area contributed by atoms with Crippen LogP contribution in [0.3, 0.4) is 0 Å². The molecule has 0 aromatic heterocycles. The monoisotopic (exact) mass is 267 g/mol. The van der Waals surface area contributed by atoms with Gasteiger partial charge in [-0.05, 0) is 44.0 Å². The molecule has 1 heterocycles. The van der Waals surface area contributed by atoms with E-state index in [1.807, 2.05) is 13.0 Å². The van der Waals surface area contributed by atoms with Crippen molar-refractivity contribution in [1.29, 1.82) is 0 Å². The molecular formula is C15H22FNO2. The SMILES string of the molecule is COc1ccc(CC(C)(O)C2CCCNC2)cc1F. The molecule has 1 aromatic carbocycles. The van der Waals surface area contributed by atoms with Crippen LogP contribution in [0.15, 0.2) is 18.2 Å². The van der Waals surface area contributed by atoms with Crippen molar-refractivity contribution in [3.05, 3.63) is 29.6 Å². The Morgan fingerprint density at radius 2 is 2.32 bits per heavy atom. The Balaban J connectivity index is 2.08. The van der Waals surface area contributed by atoms with Gasteiger partial charge in [0.05, 0.1) is 12.7 Å². The molecule has 1 aromatic rings. The Morgan fingerprint density at radius 1 is 1.53 bits per heavy atom. The molecule has 1 saturated heterocycles. The maximum Gasteiger partial charge on any atom is 0.165 e. The second kappa shape index (κ2) is 5.88. The number of hydrogen-bond donors (Lipinski definition) is 2. The third-order valence-electron chi connectivity index (χ3n) is 3.95. The summed E-state index contributed by atoms with van der Waals surface area (Å²) >= 11 is 0. The van der Waals surface area contributed by atoms with Gasteiger partial charge in [0.25, 0.3) is 0 Å². The number of aliphatic hydroxyl groups is 1. The van der Waals surface area contributed by atoms with Gasteiger partial charge in [0.1, 0.15) is 0 Å². The van der Waals surface area contributed by atoms with E-state index in [0.717, 1.165) is 31.5 Å². The molecule has 2 unspecified atom stereocenters. The second-order valence-corrected chi connectivity index (χ2v) is 5.55. The van der Waals surface area contributed by atoms with Crippen molar-refractivity contribution in [2.24, 2.45) is 5.92 Å². The van der Waals surface area contributed by atoms with Crippen LogP contribution in [0, 0.1) is 11.7 Å². The van der Waals surface area contributed by atoms with Crippen molar-refractivity contribution in [3.8, 4) is 5.75 Å². The summed E-state index contributed by atoms with van der Waals surface area (Å²) in [6.45, 7) is 3.68. The fourth-order valence-corrected chi connectivity index (χ4v) is 2.76. The highest BCUT2D eigenvalue weighted by atomic mass is 19.1. The lowest BCUT2D eigenvalue weighted by Crippen LogP contribution is -2.45. The fraction of sp³-hybridized carbons (Fsp3) is 0.600. The zero-order chi connectivity index (χ0) is 13.9. The van der Waals surface area contributed by atoms with Gasteiger partial charge in [-0.25, -0.2) is 4.39 Å². The van der Waals surface area contributed by atoms with Crippen LogP contribution in [0.4, 0.5) is 4.39 Å². The van der Waals surface area contributed by atoms with E-state index in [0.29, 0.717) is 6.42 Å². The third-order valence-corrected chi connectivity index (χ3v) is 3.95. The predicted molar refractivity (Wildman–Crippen MR) is 72.9 cm³/mol. The van der Waals surface area contributed by atoms with Gasteiger partial charge >= 0.3 is 0 Å². The van der Waals surface area contributed by atoms with Crippen molar-refractivity contribution >= 4 is 0 Å². The van der Waals surface area contributed by atoms with Crippen molar-refractivity contribution < 1.29 is 14.2 Å². The molecule has 2 N–H and O–H groups in total. The molecule has 0 spiro atoms. The summed E-state index contributed by atoms with van der Waals surface area (Å²) < 4.78 is 18.5. The van der Waals surface area contributed by atoms with Crippen molar-refractivity contribution in [3.63, 3.8) is 0 Å². The Morgan fingerprint density at radius 3 is 2.89 bits per heavy atom. The van der Waals surface area contributed by atoms with Gasteiger partial charge < -0.3 is 15.2 Å². The standard InChI is InChI=1S/C15H22FNO2/c1-15(18,12-4-3-7-17-10-12)9-11-5-6-14(19-2)13(16)8-11/h5-6,8,12,17-18H,3-4,7,9-10H2,1-2H3. The van der Waals surface area contributed by atoms with Gasteiger partial charge in [-0.3, -0.25) is 0 Å². The van der Waals surface area contributed by atoms with Crippen LogP contribution in [-0.4, -0.2) is 30.9 Å². The number of hydrogen-bond acceptors (Lipinski definition) is 3. The van der Waals surface area contributed by atoms with E-state index in [1.54, 1.807) is 6.07 Å². The predicted octanol–water partition coefficient (Wildman–Crippen LogP) is 2.13. The van der Waals surface area contributed by atoms with Gasteiger partial charge in [0.2, 0.25) is 0 Å². The molecule has 19 heavy (non-hydrogen) atoms. The Hall–Kier alpha value is -1.13. The lowest BCUT2D eigenvalue weighted by Gasteiger charge is -2.36. The summed E-state index contributed by atoms with van der Waals surface area (Å²) in [4.78, 5) is 0. The first-order valence-corrected chi connectivity index (χ1v) is 6.78. The van der Waals surface area contributed by atoms with E-state index in [2.05, 4.69) is 5.32 Å². The van der Waals surface area contributed by atoms with Crippen LogP contribution < -0.4 is 10.1 Å². The molecule has 1 aliphatic heterocycles. The van der Waals surface area contributed by atoms with E-state index in [4.69, 9.17) is 4.74 Å². The van der Waals surface area contributed by atoms with Crippen molar-refractivity contribution in [2.75, 3.05) is 20.2 Å². The number of benzene rings is 1. The molecule has 1 fully saturated rings. The minimum absolute atomic E-state index is 0.214. The van der Waals surface area contributed by atoms with Gasteiger partial charge in [-0.1, -0.05) is 6.07 Å². The maximum atomic E-state index is 13.6. The average Bonchev–Trinajstić information content (AvgIpc) is 2.39. The fourth-order valence-electron chi connectivity index (χ4n) is 2.76. The zero-order valence-electron chi connectivity index (χ0n) is 11.6. The molecule has 3 nitrogen and oxygen atoms in total. The highest BCUT2D eigenvalue weighted by Crippen LogP contribution is 2.29. The quantitative estimate of drug-likeness (QED) is 0.878. The number of nitrogens with one attached hydrogen (secondary N) is 1. The van der Waals surface area contributed by atoms with Crippen molar-refractivity contribution in [1.82, 2.24) is 5.32 Å². The minimum Gasteiger partial charge on any atom is -0.494 e. The number of piperidine rings is 1. The van der Waals surface area contributed by atoms with Crippen molar-refractivity contribution in [2.45, 2.75) is 31.8 Å². The largest absolute Gasteiger partial charge is 0.494 e. The topological polar surface area (TPSA) is 41.5 Å². The molecular weight excluding hydrogens is 245 g/mol. The molecule has 0 bridgehead atoms. The second-order valence-electron chi connectivity index (χ2n) is 5.55. The highest BCUT2D eigenvalue weighted by molar-refractivity contribution is 5.30. The van der Waals surface area contributed by atoms with Gasteiger partial charge in [-0.15, -0.1) is 0 Å². The molecule has 2 atom stereocenters. The summed E-state index contributed by atoms with van der Waals surface area (Å²) in [6.07, 6.45) is 2.55. The molecule has 0 saturated carbocycles. The van der Waals surface area contributed by atoms with E-state index in [1.165, 1.54) is 13.2 Å². The smallest absolute Gasteiger partial charge is 0.165 e. The molecule has 4 heteroatoms. The van der Waals surface area contributed by atoms with E-state index >= 15 is 0 Å².